The van der Waals surface area contributed by atoms with Crippen molar-refractivity contribution in [1.29, 1.82) is 0 Å². The van der Waals surface area contributed by atoms with Crippen molar-refractivity contribution in [3.05, 3.63) is 0 Å². The minimum atomic E-state index is 0.384. The van der Waals surface area contributed by atoms with Crippen molar-refractivity contribution >= 4 is 0 Å². The van der Waals surface area contributed by atoms with Crippen molar-refractivity contribution in [1.82, 2.24) is 0 Å². The van der Waals surface area contributed by atoms with Crippen LogP contribution in [0.4, 0.5) is 0 Å². The number of hydrogen-bond donors (Lipinski definition) is 1. The lowest BCUT2D eigenvalue weighted by Crippen LogP contribution is -2.80. The van der Waals surface area contributed by atoms with E-state index in [1.165, 1.54) is 0 Å². The molecule has 0 aromatic heterocycles. The van der Waals surface area contributed by atoms with Crippen LogP contribution in [0.2, 0.25) is 0 Å². The maximum Gasteiger partial charge on any atom is 0.0991 e. The van der Waals surface area contributed by atoms with E-state index in [1.807, 2.05) is 7.05 Å². The van der Waals surface area contributed by atoms with Gasteiger partial charge in [0.1, 0.15) is 0 Å². The minimum Gasteiger partial charge on any atom is -0.373 e. The van der Waals surface area contributed by atoms with Gasteiger partial charge in [-0.05, 0) is 13.8 Å². The van der Waals surface area contributed by atoms with Crippen molar-refractivity contribution in [2.75, 3.05) is 20.2 Å². The fraction of sp³-hybridized carbons (Fsp3) is 1.00. The Labute approximate surface area is 51.2 Å². The Bertz CT molecular complexity index is 45.8. The summed E-state index contributed by atoms with van der Waals surface area (Å²) in [5, 5.41) is 2.11. The zero-order valence-corrected chi connectivity index (χ0v) is 5.98. The van der Waals surface area contributed by atoms with Crippen LogP contribution in [0.25, 0.3) is 0 Å². The van der Waals surface area contributed by atoms with E-state index >= 15 is 0 Å². The SMILES string of the molecule is C[NH2+]CCOC(C)C. The summed E-state index contributed by atoms with van der Waals surface area (Å²) in [6.45, 7) is 6.04. The summed E-state index contributed by atoms with van der Waals surface area (Å²) in [5.74, 6) is 0. The first kappa shape index (κ1) is 7.92. The fourth-order valence-corrected chi connectivity index (χ4v) is 0.422. The molecule has 0 amide bonds. The number of ether oxygens (including phenoxy) is 1. The van der Waals surface area contributed by atoms with E-state index in [2.05, 4.69) is 19.2 Å². The van der Waals surface area contributed by atoms with Crippen molar-refractivity contribution in [3.63, 3.8) is 0 Å². The number of likely N-dealkylation sites (N-methyl/N-ethyl adjacent to an activating group) is 1. The van der Waals surface area contributed by atoms with Gasteiger partial charge in [-0.2, -0.15) is 0 Å². The molecule has 0 unspecified atom stereocenters. The van der Waals surface area contributed by atoms with Gasteiger partial charge in [-0.3, -0.25) is 0 Å². The highest BCUT2D eigenvalue weighted by atomic mass is 16.5. The van der Waals surface area contributed by atoms with Crippen LogP contribution in [0.3, 0.4) is 0 Å². The molecule has 0 heterocycles. The van der Waals surface area contributed by atoms with E-state index in [1.54, 1.807) is 0 Å². The summed E-state index contributed by atoms with van der Waals surface area (Å²) in [6, 6.07) is 0. The third-order valence-corrected chi connectivity index (χ3v) is 0.858. The van der Waals surface area contributed by atoms with Gasteiger partial charge in [0, 0.05) is 0 Å². The zero-order valence-electron chi connectivity index (χ0n) is 5.98. The quantitative estimate of drug-likeness (QED) is 0.500. The van der Waals surface area contributed by atoms with Crippen LogP contribution in [-0.4, -0.2) is 26.3 Å². The van der Waals surface area contributed by atoms with Gasteiger partial charge in [-0.25, -0.2) is 0 Å². The summed E-state index contributed by atoms with van der Waals surface area (Å²) in [4.78, 5) is 0. The van der Waals surface area contributed by atoms with Crippen LogP contribution >= 0.6 is 0 Å². The Hall–Kier alpha value is -0.0800. The number of quaternary nitrogens is 1. The Morgan fingerprint density at radius 2 is 2.12 bits per heavy atom. The second-order valence-electron chi connectivity index (χ2n) is 2.12. The van der Waals surface area contributed by atoms with Crippen LogP contribution in [-0.2, 0) is 4.74 Å². The maximum atomic E-state index is 5.25. The predicted molar refractivity (Wildman–Crippen MR) is 33.8 cm³/mol. The van der Waals surface area contributed by atoms with E-state index in [0.29, 0.717) is 6.10 Å². The number of rotatable bonds is 4. The third-order valence-electron chi connectivity index (χ3n) is 0.858. The highest BCUT2D eigenvalue weighted by Gasteiger charge is 1.90. The molecule has 0 atom stereocenters. The van der Waals surface area contributed by atoms with E-state index in [0.717, 1.165) is 13.2 Å². The summed E-state index contributed by atoms with van der Waals surface area (Å²) in [7, 11) is 2.05. The summed E-state index contributed by atoms with van der Waals surface area (Å²) < 4.78 is 5.25. The molecule has 0 fully saturated rings. The first-order valence-corrected chi connectivity index (χ1v) is 3.16. The van der Waals surface area contributed by atoms with E-state index in [-0.39, 0.29) is 0 Å². The van der Waals surface area contributed by atoms with Crippen molar-refractivity contribution < 1.29 is 10.1 Å². The molecule has 0 aromatic rings. The lowest BCUT2D eigenvalue weighted by molar-refractivity contribution is -0.628. The molecule has 0 rings (SSSR count). The van der Waals surface area contributed by atoms with Gasteiger partial charge < -0.3 is 10.1 Å². The average Bonchev–Trinajstić information content (AvgIpc) is 1.66. The normalized spacial score (nSPS) is 10.5. The Kier molecular flexibility index (Phi) is 5.01. The largest absolute Gasteiger partial charge is 0.373 e. The second-order valence-corrected chi connectivity index (χ2v) is 2.12. The number of hydrogen-bond acceptors (Lipinski definition) is 1. The number of nitrogens with two attached hydrogens (primary N) is 1. The standard InChI is InChI=1S/C6H15NO/c1-6(2)8-5-4-7-3/h6-7H,4-5H2,1-3H3/p+1. The van der Waals surface area contributed by atoms with Crippen molar-refractivity contribution in [3.8, 4) is 0 Å². The molecule has 8 heavy (non-hydrogen) atoms. The smallest absolute Gasteiger partial charge is 0.0991 e. The summed E-state index contributed by atoms with van der Waals surface area (Å²) in [5.41, 5.74) is 0. The molecule has 2 heteroatoms. The molecular formula is C6H16NO+. The second kappa shape index (κ2) is 5.06. The van der Waals surface area contributed by atoms with Crippen LogP contribution in [0, 0.1) is 0 Å². The minimum absolute atomic E-state index is 0.384. The Morgan fingerprint density at radius 1 is 1.50 bits per heavy atom. The molecule has 0 aliphatic carbocycles. The highest BCUT2D eigenvalue weighted by Crippen LogP contribution is 1.82. The third kappa shape index (κ3) is 5.92. The van der Waals surface area contributed by atoms with Crippen LogP contribution in [0.1, 0.15) is 13.8 Å². The summed E-state index contributed by atoms with van der Waals surface area (Å²) >= 11 is 0. The van der Waals surface area contributed by atoms with Crippen molar-refractivity contribution in [2.24, 2.45) is 0 Å². The van der Waals surface area contributed by atoms with Gasteiger partial charge in [-0.15, -0.1) is 0 Å². The molecule has 0 aromatic carbocycles. The van der Waals surface area contributed by atoms with Crippen LogP contribution < -0.4 is 5.32 Å². The van der Waals surface area contributed by atoms with Gasteiger partial charge in [0.2, 0.25) is 0 Å². The summed E-state index contributed by atoms with van der Waals surface area (Å²) in [6.07, 6.45) is 0.384. The lowest BCUT2D eigenvalue weighted by atomic mass is 10.5. The average molecular weight is 118 g/mol. The van der Waals surface area contributed by atoms with Crippen LogP contribution in [0.5, 0.6) is 0 Å². The van der Waals surface area contributed by atoms with E-state index in [4.69, 9.17) is 4.74 Å². The van der Waals surface area contributed by atoms with Gasteiger partial charge >= 0.3 is 0 Å². The van der Waals surface area contributed by atoms with Gasteiger partial charge in [0.25, 0.3) is 0 Å². The predicted octanol–water partition coefficient (Wildman–Crippen LogP) is -0.395. The molecular weight excluding hydrogens is 102 g/mol. The van der Waals surface area contributed by atoms with E-state index in [9.17, 15) is 0 Å². The molecule has 0 spiro atoms. The van der Waals surface area contributed by atoms with Gasteiger partial charge in [0.15, 0.2) is 0 Å². The molecule has 0 bridgehead atoms. The molecule has 2 nitrogen and oxygen atoms in total. The highest BCUT2D eigenvalue weighted by molar-refractivity contribution is 4.33. The monoisotopic (exact) mass is 118 g/mol. The molecule has 0 aliphatic heterocycles. The Balaban J connectivity index is 2.72. The molecule has 0 aliphatic rings. The van der Waals surface area contributed by atoms with Gasteiger partial charge in [0.05, 0.1) is 26.3 Å². The Morgan fingerprint density at radius 3 is 2.50 bits per heavy atom. The van der Waals surface area contributed by atoms with Crippen molar-refractivity contribution in [2.45, 2.75) is 20.0 Å². The molecule has 0 saturated carbocycles. The maximum absolute atomic E-state index is 5.25. The topological polar surface area (TPSA) is 25.8 Å². The lowest BCUT2D eigenvalue weighted by Gasteiger charge is -2.03. The van der Waals surface area contributed by atoms with Gasteiger partial charge in [-0.1, -0.05) is 0 Å². The first-order valence-electron chi connectivity index (χ1n) is 3.16. The molecule has 2 N–H and O–H groups in total. The molecule has 50 valence electrons. The van der Waals surface area contributed by atoms with E-state index < -0.39 is 0 Å². The molecule has 0 radical (unpaired) electrons. The van der Waals surface area contributed by atoms with Crippen LogP contribution in [0.15, 0.2) is 0 Å². The molecule has 0 saturated heterocycles. The zero-order chi connectivity index (χ0) is 6.41. The first-order chi connectivity index (χ1) is 3.77. The fourth-order valence-electron chi connectivity index (χ4n) is 0.422.